The lowest BCUT2D eigenvalue weighted by Gasteiger charge is -2.35. The molecule has 12 rings (SSSR count). The van der Waals surface area contributed by atoms with Gasteiger partial charge in [-0.25, -0.2) is 0 Å². The van der Waals surface area contributed by atoms with Crippen molar-refractivity contribution in [3.8, 4) is 27.9 Å². The standard InChI is InChI=1S/C58H42N2/c1-57(2)50-30-15-14-29-48(50)55-53(57)35-34-47-49-38-44(33-36-54(49)60(56(47)55)42-24-10-5-11-25-42)59(41-22-8-4-9-23-41)43-26-18-21-40(37-43)58(39-19-6-3-7-20-39)51-31-16-12-27-45(51)46-28-13-17-32-52(46)58/h3-38H,1-2H3. The SMILES string of the molecule is CC1(C)c2ccccc2-c2c1ccc1c3cc(N(c4ccccc4)c4cccc(C5(c6ccccc6)c6ccccc6-c6ccccc65)c4)ccc3n(-c3ccccc3)c21. The van der Waals surface area contributed by atoms with Crippen LogP contribution in [0.5, 0.6) is 0 Å². The van der Waals surface area contributed by atoms with Gasteiger partial charge in [-0.3, -0.25) is 0 Å². The molecule has 0 N–H and O–H groups in total. The van der Waals surface area contributed by atoms with E-state index in [0.29, 0.717) is 0 Å². The average molecular weight is 767 g/mol. The first-order chi connectivity index (χ1) is 29.5. The van der Waals surface area contributed by atoms with Crippen molar-refractivity contribution in [3.05, 3.63) is 252 Å². The summed E-state index contributed by atoms with van der Waals surface area (Å²) in [6.45, 7) is 4.74. The Balaban J connectivity index is 1.12. The molecule has 0 saturated heterocycles. The monoisotopic (exact) mass is 766 g/mol. The molecular formula is C58H42N2. The lowest BCUT2D eigenvalue weighted by molar-refractivity contribution is 0.661. The molecule has 0 aliphatic heterocycles. The van der Waals surface area contributed by atoms with Crippen molar-refractivity contribution in [3.63, 3.8) is 0 Å². The summed E-state index contributed by atoms with van der Waals surface area (Å²) < 4.78 is 2.50. The van der Waals surface area contributed by atoms with Gasteiger partial charge in [-0.15, -0.1) is 0 Å². The molecule has 2 aliphatic carbocycles. The molecule has 9 aromatic carbocycles. The summed E-state index contributed by atoms with van der Waals surface area (Å²) in [6.07, 6.45) is 0. The Labute approximate surface area is 351 Å². The number of fused-ring (bicyclic) bond motifs is 10. The maximum absolute atomic E-state index is 2.50. The maximum Gasteiger partial charge on any atom is 0.0714 e. The van der Waals surface area contributed by atoms with E-state index in [-0.39, 0.29) is 5.41 Å². The van der Waals surface area contributed by atoms with Crippen molar-refractivity contribution in [1.82, 2.24) is 4.57 Å². The maximum atomic E-state index is 2.50. The third-order valence-corrected chi connectivity index (χ3v) is 13.4. The summed E-state index contributed by atoms with van der Waals surface area (Å²) in [4.78, 5) is 2.44. The van der Waals surface area contributed by atoms with Crippen LogP contribution < -0.4 is 4.90 Å². The van der Waals surface area contributed by atoms with Crippen LogP contribution in [0.4, 0.5) is 17.1 Å². The molecule has 2 heteroatoms. The van der Waals surface area contributed by atoms with Gasteiger partial charge in [0.05, 0.1) is 16.4 Å². The van der Waals surface area contributed by atoms with Crippen LogP contribution in [0.25, 0.3) is 49.7 Å². The highest BCUT2D eigenvalue weighted by Gasteiger charge is 2.46. The predicted octanol–water partition coefficient (Wildman–Crippen LogP) is 14.9. The number of rotatable bonds is 6. The van der Waals surface area contributed by atoms with Crippen LogP contribution >= 0.6 is 0 Å². The molecule has 284 valence electrons. The van der Waals surface area contributed by atoms with E-state index >= 15 is 0 Å². The minimum Gasteiger partial charge on any atom is -0.310 e. The first-order valence-electron chi connectivity index (χ1n) is 21.0. The van der Waals surface area contributed by atoms with Crippen LogP contribution in [0.2, 0.25) is 0 Å². The fourth-order valence-corrected chi connectivity index (χ4v) is 10.9. The molecule has 0 saturated carbocycles. The molecule has 0 atom stereocenters. The van der Waals surface area contributed by atoms with E-state index in [0.717, 1.165) is 22.7 Å². The van der Waals surface area contributed by atoms with Crippen LogP contribution in [-0.4, -0.2) is 4.57 Å². The molecule has 2 aliphatic rings. The number of para-hydroxylation sites is 2. The van der Waals surface area contributed by atoms with Crippen molar-refractivity contribution in [2.45, 2.75) is 24.7 Å². The minimum atomic E-state index is -0.496. The van der Waals surface area contributed by atoms with Crippen molar-refractivity contribution >= 4 is 38.9 Å². The molecule has 1 heterocycles. The van der Waals surface area contributed by atoms with Gasteiger partial charge in [-0.2, -0.15) is 0 Å². The first-order valence-corrected chi connectivity index (χ1v) is 21.0. The number of aromatic nitrogens is 1. The zero-order valence-corrected chi connectivity index (χ0v) is 33.7. The van der Waals surface area contributed by atoms with E-state index in [2.05, 4.69) is 242 Å². The van der Waals surface area contributed by atoms with Crippen molar-refractivity contribution < 1.29 is 0 Å². The topological polar surface area (TPSA) is 8.17 Å². The van der Waals surface area contributed by atoms with Gasteiger partial charge in [-0.1, -0.05) is 178 Å². The Hall–Kier alpha value is -7.42. The Kier molecular flexibility index (Phi) is 7.52. The molecule has 10 aromatic rings. The van der Waals surface area contributed by atoms with Gasteiger partial charge in [0, 0.05) is 44.5 Å². The highest BCUT2D eigenvalue weighted by molar-refractivity contribution is 6.16. The highest BCUT2D eigenvalue weighted by Crippen LogP contribution is 2.57. The van der Waals surface area contributed by atoms with Crippen LogP contribution in [-0.2, 0) is 10.8 Å². The van der Waals surface area contributed by atoms with Crippen LogP contribution in [0.1, 0.15) is 47.2 Å². The van der Waals surface area contributed by atoms with Crippen LogP contribution in [0, 0.1) is 0 Å². The van der Waals surface area contributed by atoms with Gasteiger partial charge >= 0.3 is 0 Å². The van der Waals surface area contributed by atoms with Crippen molar-refractivity contribution in [2.75, 3.05) is 4.90 Å². The van der Waals surface area contributed by atoms with E-state index in [4.69, 9.17) is 0 Å². The lowest BCUT2D eigenvalue weighted by atomic mass is 9.67. The van der Waals surface area contributed by atoms with E-state index in [1.54, 1.807) is 0 Å². The van der Waals surface area contributed by atoms with Crippen LogP contribution in [0.15, 0.2) is 218 Å². The van der Waals surface area contributed by atoms with E-state index in [1.807, 2.05) is 0 Å². The van der Waals surface area contributed by atoms with Gasteiger partial charge in [0.15, 0.2) is 0 Å². The zero-order valence-electron chi connectivity index (χ0n) is 33.7. The first kappa shape index (κ1) is 34.6. The molecule has 0 amide bonds. The number of nitrogens with zero attached hydrogens (tertiary/aromatic N) is 2. The van der Waals surface area contributed by atoms with Crippen molar-refractivity contribution in [2.24, 2.45) is 0 Å². The molecule has 2 nitrogen and oxygen atoms in total. The molecular weight excluding hydrogens is 725 g/mol. The number of hydrogen-bond acceptors (Lipinski definition) is 1. The number of hydrogen-bond donors (Lipinski definition) is 0. The fraction of sp³-hybridized carbons (Fsp3) is 0.0690. The number of anilines is 3. The molecule has 0 bridgehead atoms. The Morgan fingerprint density at radius 1 is 0.383 bits per heavy atom. The third-order valence-electron chi connectivity index (χ3n) is 13.4. The molecule has 0 fully saturated rings. The van der Waals surface area contributed by atoms with Crippen molar-refractivity contribution in [1.29, 1.82) is 0 Å². The second-order valence-electron chi connectivity index (χ2n) is 16.9. The van der Waals surface area contributed by atoms with Gasteiger partial charge in [0.2, 0.25) is 0 Å². The minimum absolute atomic E-state index is 0.101. The van der Waals surface area contributed by atoms with Crippen LogP contribution in [0.3, 0.4) is 0 Å². The predicted molar refractivity (Wildman–Crippen MR) is 250 cm³/mol. The largest absolute Gasteiger partial charge is 0.310 e. The summed E-state index contributed by atoms with van der Waals surface area (Å²) in [5.41, 5.74) is 19.5. The Morgan fingerprint density at radius 3 is 1.63 bits per heavy atom. The summed E-state index contributed by atoms with van der Waals surface area (Å²) in [5, 5.41) is 2.48. The summed E-state index contributed by atoms with van der Waals surface area (Å²) in [6, 6.07) is 80.9. The molecule has 0 spiro atoms. The summed E-state index contributed by atoms with van der Waals surface area (Å²) in [5.74, 6) is 0. The van der Waals surface area contributed by atoms with Gasteiger partial charge in [0.1, 0.15) is 0 Å². The molecule has 0 radical (unpaired) electrons. The number of benzene rings is 9. The quantitative estimate of drug-likeness (QED) is 0.164. The normalized spacial score (nSPS) is 14.1. The second-order valence-corrected chi connectivity index (χ2v) is 16.9. The summed E-state index contributed by atoms with van der Waals surface area (Å²) >= 11 is 0. The molecule has 60 heavy (non-hydrogen) atoms. The van der Waals surface area contributed by atoms with Gasteiger partial charge in [-0.05, 0) is 105 Å². The van der Waals surface area contributed by atoms with E-state index < -0.39 is 5.41 Å². The molecule has 0 unspecified atom stereocenters. The van der Waals surface area contributed by atoms with E-state index in [9.17, 15) is 0 Å². The smallest absolute Gasteiger partial charge is 0.0714 e. The third kappa shape index (κ3) is 4.76. The van der Waals surface area contributed by atoms with Gasteiger partial charge < -0.3 is 9.47 Å². The fourth-order valence-electron chi connectivity index (χ4n) is 10.9. The lowest BCUT2D eigenvalue weighted by Crippen LogP contribution is -2.28. The van der Waals surface area contributed by atoms with Gasteiger partial charge in [0.25, 0.3) is 0 Å². The average Bonchev–Trinajstić information content (AvgIpc) is 3.89. The summed E-state index contributed by atoms with van der Waals surface area (Å²) in [7, 11) is 0. The van der Waals surface area contributed by atoms with E-state index in [1.165, 1.54) is 77.4 Å². The second kappa shape index (κ2) is 13.0. The Morgan fingerprint density at radius 2 is 0.933 bits per heavy atom. The zero-order chi connectivity index (χ0) is 40.0. The highest BCUT2D eigenvalue weighted by atomic mass is 15.1. The molecule has 1 aromatic heterocycles. The Bertz CT molecular complexity index is 3240.